The zero-order valence-corrected chi connectivity index (χ0v) is 4.73. The average Bonchev–Trinajstić information content (AvgIpc) is 1.41. The molecule has 0 aliphatic carbocycles. The van der Waals surface area contributed by atoms with Crippen molar-refractivity contribution in [1.29, 1.82) is 0 Å². The summed E-state index contributed by atoms with van der Waals surface area (Å²) < 4.78 is 0. The lowest BCUT2D eigenvalue weighted by atomic mass is 10.5. The fraction of sp³-hybridized carbons (Fsp3) is 1.00. The molecule has 0 spiro atoms. The zero-order chi connectivity index (χ0) is 5.58. The van der Waals surface area contributed by atoms with E-state index >= 15 is 0 Å². The van der Waals surface area contributed by atoms with E-state index in [0.717, 1.165) is 0 Å². The third-order valence-corrected chi connectivity index (χ3v) is 0. The van der Waals surface area contributed by atoms with Gasteiger partial charge in [0.05, 0.1) is 0 Å². The van der Waals surface area contributed by atoms with E-state index in [2.05, 4.69) is 5.73 Å². The van der Waals surface area contributed by atoms with Crippen molar-refractivity contribution in [2.75, 3.05) is 7.05 Å². The lowest BCUT2D eigenvalue weighted by molar-refractivity contribution is 0.834. The third-order valence-electron chi connectivity index (χ3n) is 0. The molecule has 0 aromatic carbocycles. The second kappa shape index (κ2) is 16.8. The van der Waals surface area contributed by atoms with Gasteiger partial charge in [-0.05, 0) is 13.1 Å². The molecule has 0 fully saturated rings. The summed E-state index contributed by atoms with van der Waals surface area (Å²) in [5, 5.41) is 0. The van der Waals surface area contributed by atoms with Crippen molar-refractivity contribution in [3.8, 4) is 0 Å². The van der Waals surface area contributed by atoms with Gasteiger partial charge in [0.25, 0.3) is 0 Å². The molecule has 0 saturated carbocycles. The number of hydrogen-bond donors (Lipinski definition) is 2. The molecule has 0 aromatic heterocycles. The van der Waals surface area contributed by atoms with Crippen LogP contribution in [0.15, 0.2) is 0 Å². The summed E-state index contributed by atoms with van der Waals surface area (Å²) in [5.74, 6) is 0. The van der Waals surface area contributed by atoms with Gasteiger partial charge in [0.1, 0.15) is 0 Å². The van der Waals surface area contributed by atoms with Crippen LogP contribution in [0.1, 0.15) is 21.3 Å². The van der Waals surface area contributed by atoms with Crippen molar-refractivity contribution in [1.82, 2.24) is 0 Å². The van der Waals surface area contributed by atoms with Gasteiger partial charge in [-0.25, -0.2) is 0 Å². The summed E-state index contributed by atoms with van der Waals surface area (Å²) in [4.78, 5) is 0. The Morgan fingerprint density at radius 1 is 1.14 bits per heavy atom. The second-order valence-corrected chi connectivity index (χ2v) is 1.24. The van der Waals surface area contributed by atoms with Crippen LogP contribution in [-0.2, 0) is 0 Å². The molecular weight excluding hydrogens is 88.1 g/mol. The molecule has 0 unspecified atom stereocenters. The molecule has 7 heavy (non-hydrogen) atoms. The average molecular weight is 106 g/mol. The minimum absolute atomic E-state index is 0. The fourth-order valence-corrected chi connectivity index (χ4v) is 0. The summed E-state index contributed by atoms with van der Waals surface area (Å²) in [6.07, 6.45) is 0. The van der Waals surface area contributed by atoms with Crippen molar-refractivity contribution in [2.45, 2.75) is 27.3 Å². The Labute approximate surface area is 46.9 Å². The highest BCUT2D eigenvalue weighted by atomic mass is 14.6. The van der Waals surface area contributed by atoms with Gasteiger partial charge in [-0.3, -0.25) is 0 Å². The van der Waals surface area contributed by atoms with E-state index in [0.29, 0.717) is 6.04 Å². The fourth-order valence-electron chi connectivity index (χ4n) is 0. The molecule has 0 amide bonds. The van der Waals surface area contributed by atoms with E-state index in [-0.39, 0.29) is 7.43 Å². The van der Waals surface area contributed by atoms with Gasteiger partial charge >= 0.3 is 0 Å². The SMILES string of the molecule is C.CC(C)N.CN. The summed E-state index contributed by atoms with van der Waals surface area (Å²) >= 11 is 0. The highest BCUT2D eigenvalue weighted by molar-refractivity contribution is 4.32. The Hall–Kier alpha value is -0.0800. The van der Waals surface area contributed by atoms with Crippen LogP contribution in [-0.4, -0.2) is 13.1 Å². The molecule has 0 aliphatic heterocycles. The van der Waals surface area contributed by atoms with Gasteiger partial charge in [-0.2, -0.15) is 0 Å². The van der Waals surface area contributed by atoms with Crippen LogP contribution >= 0.6 is 0 Å². The van der Waals surface area contributed by atoms with Crippen LogP contribution in [0.3, 0.4) is 0 Å². The Morgan fingerprint density at radius 2 is 1.14 bits per heavy atom. The minimum atomic E-state index is 0. The number of rotatable bonds is 0. The predicted molar refractivity (Wildman–Crippen MR) is 36.2 cm³/mol. The van der Waals surface area contributed by atoms with Crippen LogP contribution in [0.4, 0.5) is 0 Å². The Morgan fingerprint density at radius 3 is 1.14 bits per heavy atom. The standard InChI is InChI=1S/C3H9N.CH5N.CH4/c1-3(2)4;1-2;/h3H,4H2,1-2H3;2H2,1H3;1H4. The highest BCUT2D eigenvalue weighted by Crippen LogP contribution is 1.58. The topological polar surface area (TPSA) is 52.0 Å². The summed E-state index contributed by atoms with van der Waals surface area (Å²) in [6, 6.07) is 0.333. The maximum atomic E-state index is 5.11. The minimum Gasteiger partial charge on any atom is -0.333 e. The number of hydrogen-bond acceptors (Lipinski definition) is 2. The molecule has 0 heterocycles. The van der Waals surface area contributed by atoms with Crippen LogP contribution in [0, 0.1) is 0 Å². The number of nitrogens with two attached hydrogens (primary N) is 2. The van der Waals surface area contributed by atoms with Crippen LogP contribution in [0.5, 0.6) is 0 Å². The normalized spacial score (nSPS) is 6.00. The summed E-state index contributed by atoms with van der Waals surface area (Å²) in [6.45, 7) is 3.89. The molecule has 0 bridgehead atoms. The van der Waals surface area contributed by atoms with E-state index in [1.807, 2.05) is 13.8 Å². The van der Waals surface area contributed by atoms with E-state index in [1.165, 1.54) is 7.05 Å². The van der Waals surface area contributed by atoms with Crippen LogP contribution in [0.2, 0.25) is 0 Å². The van der Waals surface area contributed by atoms with Gasteiger partial charge in [-0.1, -0.05) is 21.3 Å². The first-order valence-corrected chi connectivity index (χ1v) is 2.07. The highest BCUT2D eigenvalue weighted by Gasteiger charge is 1.67. The van der Waals surface area contributed by atoms with Gasteiger partial charge in [-0.15, -0.1) is 0 Å². The van der Waals surface area contributed by atoms with Gasteiger partial charge in [0.2, 0.25) is 0 Å². The van der Waals surface area contributed by atoms with Gasteiger partial charge in [0.15, 0.2) is 0 Å². The first kappa shape index (κ1) is 15.8. The molecule has 0 aliphatic rings. The van der Waals surface area contributed by atoms with Gasteiger partial charge < -0.3 is 11.5 Å². The van der Waals surface area contributed by atoms with Crippen LogP contribution in [0.25, 0.3) is 0 Å². The van der Waals surface area contributed by atoms with Crippen molar-refractivity contribution in [2.24, 2.45) is 11.5 Å². The summed E-state index contributed by atoms with van der Waals surface area (Å²) in [7, 11) is 1.50. The Balaban J connectivity index is -0.0000000480. The molecule has 0 aromatic rings. The smallest absolute Gasteiger partial charge is 0.00179 e. The van der Waals surface area contributed by atoms with Crippen molar-refractivity contribution >= 4 is 0 Å². The molecule has 0 saturated heterocycles. The van der Waals surface area contributed by atoms with E-state index in [1.54, 1.807) is 0 Å². The van der Waals surface area contributed by atoms with Crippen molar-refractivity contribution < 1.29 is 0 Å². The van der Waals surface area contributed by atoms with Crippen LogP contribution < -0.4 is 11.5 Å². The predicted octanol–water partition coefficient (Wildman–Crippen LogP) is 0.565. The zero-order valence-electron chi connectivity index (χ0n) is 4.73. The molecule has 0 rings (SSSR count). The quantitative estimate of drug-likeness (QED) is 0.474. The lowest BCUT2D eigenvalue weighted by Gasteiger charge is -1.81. The van der Waals surface area contributed by atoms with E-state index in [4.69, 9.17) is 5.73 Å². The lowest BCUT2D eigenvalue weighted by Crippen LogP contribution is -2.06. The van der Waals surface area contributed by atoms with Crippen molar-refractivity contribution in [3.05, 3.63) is 0 Å². The first-order chi connectivity index (χ1) is 2.73. The molecule has 0 radical (unpaired) electrons. The van der Waals surface area contributed by atoms with Crippen molar-refractivity contribution in [3.63, 3.8) is 0 Å². The molecule has 4 N–H and O–H groups in total. The Kier molecular flexibility index (Phi) is 37.9. The largest absolute Gasteiger partial charge is 0.333 e. The molecule has 2 heteroatoms. The first-order valence-electron chi connectivity index (χ1n) is 2.07. The molecule has 2 nitrogen and oxygen atoms in total. The maximum absolute atomic E-state index is 5.11. The van der Waals surface area contributed by atoms with E-state index < -0.39 is 0 Å². The van der Waals surface area contributed by atoms with E-state index in [9.17, 15) is 0 Å². The second-order valence-electron chi connectivity index (χ2n) is 1.24. The Bertz CT molecular complexity index is 10.8. The van der Waals surface area contributed by atoms with Gasteiger partial charge in [0, 0.05) is 0 Å². The summed E-state index contributed by atoms with van der Waals surface area (Å²) in [5.41, 5.74) is 9.61. The maximum Gasteiger partial charge on any atom is -0.00179 e. The molecule has 48 valence electrons. The third kappa shape index (κ3) is 14200. The molecule has 0 atom stereocenters. The molecular formula is C5H18N2. The monoisotopic (exact) mass is 106 g/mol.